The molecule has 1 aliphatic rings. The summed E-state index contributed by atoms with van der Waals surface area (Å²) in [6.07, 6.45) is 1.20. The Morgan fingerprint density at radius 1 is 1.21 bits per heavy atom. The molecule has 110 valence electrons. The van der Waals surface area contributed by atoms with E-state index in [1.807, 2.05) is 18.7 Å². The Labute approximate surface area is 115 Å². The lowest BCUT2D eigenvalue weighted by atomic mass is 9.99. The molecule has 6 nitrogen and oxygen atoms in total. The third-order valence-corrected chi connectivity index (χ3v) is 3.35. The van der Waals surface area contributed by atoms with Crippen molar-refractivity contribution >= 4 is 11.8 Å². The molecule has 1 aliphatic heterocycles. The third-order valence-electron chi connectivity index (χ3n) is 3.35. The number of hydrogen-bond acceptors (Lipinski definition) is 4. The zero-order valence-electron chi connectivity index (χ0n) is 12.2. The van der Waals surface area contributed by atoms with E-state index in [9.17, 15) is 9.59 Å². The van der Waals surface area contributed by atoms with Crippen LogP contribution in [0.25, 0.3) is 0 Å². The van der Waals surface area contributed by atoms with Gasteiger partial charge in [0.05, 0.1) is 6.54 Å². The fraction of sp³-hybridized carbons (Fsp3) is 0.846. The Hall–Kier alpha value is -1.14. The number of piperazine rings is 1. The number of nitrogens with zero attached hydrogens (tertiary/aromatic N) is 2. The first-order valence-corrected chi connectivity index (χ1v) is 6.81. The number of rotatable bonds is 5. The second-order valence-corrected chi connectivity index (χ2v) is 5.82. The van der Waals surface area contributed by atoms with Crippen LogP contribution in [-0.2, 0) is 9.59 Å². The Morgan fingerprint density at radius 3 is 2.26 bits per heavy atom. The van der Waals surface area contributed by atoms with Gasteiger partial charge in [0.2, 0.25) is 11.8 Å². The summed E-state index contributed by atoms with van der Waals surface area (Å²) in [6, 6.07) is 0. The normalized spacial score (nSPS) is 17.4. The van der Waals surface area contributed by atoms with E-state index in [2.05, 4.69) is 10.2 Å². The molecule has 0 aromatic heterocycles. The Bertz CT molecular complexity index is 317. The van der Waals surface area contributed by atoms with Gasteiger partial charge in [-0.2, -0.15) is 0 Å². The van der Waals surface area contributed by atoms with Crippen molar-refractivity contribution in [3.05, 3.63) is 0 Å². The quantitative estimate of drug-likeness (QED) is 0.699. The van der Waals surface area contributed by atoms with Crippen LogP contribution in [0.15, 0.2) is 0 Å². The Balaban J connectivity index is 2.29. The maximum absolute atomic E-state index is 12.0. The van der Waals surface area contributed by atoms with Crippen LogP contribution < -0.4 is 11.1 Å². The number of carbonyl (C=O) groups excluding carboxylic acids is 2. The van der Waals surface area contributed by atoms with Gasteiger partial charge in [0.15, 0.2) is 0 Å². The SMILES string of the molecule is CNC(=O)CN1CCN(C(=O)CCC(C)(C)N)CC1. The molecular weight excluding hydrogens is 244 g/mol. The van der Waals surface area contributed by atoms with Crippen LogP contribution in [0.2, 0.25) is 0 Å². The summed E-state index contributed by atoms with van der Waals surface area (Å²) in [5, 5.41) is 2.61. The largest absolute Gasteiger partial charge is 0.358 e. The lowest BCUT2D eigenvalue weighted by molar-refractivity contribution is -0.133. The summed E-state index contributed by atoms with van der Waals surface area (Å²) in [7, 11) is 1.64. The standard InChI is InChI=1S/C13H26N4O2/c1-13(2,14)5-4-12(19)17-8-6-16(7-9-17)10-11(18)15-3/h4-10,14H2,1-3H3,(H,15,18). The molecule has 0 aliphatic carbocycles. The molecule has 19 heavy (non-hydrogen) atoms. The third kappa shape index (κ3) is 6.02. The fourth-order valence-electron chi connectivity index (χ4n) is 2.02. The van der Waals surface area contributed by atoms with E-state index in [1.165, 1.54) is 0 Å². The van der Waals surface area contributed by atoms with E-state index >= 15 is 0 Å². The molecule has 0 bridgehead atoms. The molecule has 0 radical (unpaired) electrons. The Morgan fingerprint density at radius 2 is 1.79 bits per heavy atom. The van der Waals surface area contributed by atoms with E-state index < -0.39 is 0 Å². The maximum Gasteiger partial charge on any atom is 0.233 e. The second kappa shape index (κ2) is 6.86. The van der Waals surface area contributed by atoms with Gasteiger partial charge in [-0.3, -0.25) is 14.5 Å². The van der Waals surface area contributed by atoms with Crippen molar-refractivity contribution in [3.63, 3.8) is 0 Å². The van der Waals surface area contributed by atoms with Gasteiger partial charge in [0.25, 0.3) is 0 Å². The van der Waals surface area contributed by atoms with Gasteiger partial charge in [-0.1, -0.05) is 0 Å². The van der Waals surface area contributed by atoms with Crippen molar-refractivity contribution in [2.45, 2.75) is 32.2 Å². The molecule has 0 atom stereocenters. The molecule has 3 N–H and O–H groups in total. The molecule has 0 unspecified atom stereocenters. The van der Waals surface area contributed by atoms with Gasteiger partial charge in [0, 0.05) is 45.2 Å². The molecule has 6 heteroatoms. The lowest BCUT2D eigenvalue weighted by Gasteiger charge is -2.34. The monoisotopic (exact) mass is 270 g/mol. The van der Waals surface area contributed by atoms with Crippen LogP contribution in [-0.4, -0.2) is 66.9 Å². The summed E-state index contributed by atoms with van der Waals surface area (Å²) in [6.45, 7) is 7.18. The molecule has 0 aromatic rings. The molecule has 0 saturated carbocycles. The van der Waals surface area contributed by atoms with Gasteiger partial charge in [-0.15, -0.1) is 0 Å². The van der Waals surface area contributed by atoms with Crippen LogP contribution in [0.4, 0.5) is 0 Å². The molecule has 0 spiro atoms. The average molecular weight is 270 g/mol. The van der Waals surface area contributed by atoms with Crippen LogP contribution in [0, 0.1) is 0 Å². The van der Waals surface area contributed by atoms with Gasteiger partial charge in [0.1, 0.15) is 0 Å². The molecule has 1 fully saturated rings. The second-order valence-electron chi connectivity index (χ2n) is 5.82. The highest BCUT2D eigenvalue weighted by Gasteiger charge is 2.23. The van der Waals surface area contributed by atoms with E-state index in [4.69, 9.17) is 5.73 Å². The minimum atomic E-state index is -0.295. The van der Waals surface area contributed by atoms with Crippen molar-refractivity contribution in [2.75, 3.05) is 39.8 Å². The zero-order chi connectivity index (χ0) is 14.5. The maximum atomic E-state index is 12.0. The highest BCUT2D eigenvalue weighted by molar-refractivity contribution is 5.78. The van der Waals surface area contributed by atoms with Crippen LogP contribution >= 0.6 is 0 Å². The Kier molecular flexibility index (Phi) is 5.75. The summed E-state index contributed by atoms with van der Waals surface area (Å²) in [4.78, 5) is 27.2. The first kappa shape index (κ1) is 15.9. The minimum absolute atomic E-state index is 0.0182. The number of amides is 2. The topological polar surface area (TPSA) is 78.7 Å². The van der Waals surface area contributed by atoms with Gasteiger partial charge < -0.3 is 16.0 Å². The molecule has 1 rings (SSSR count). The molecular formula is C13H26N4O2. The number of nitrogens with two attached hydrogens (primary N) is 1. The summed E-state index contributed by atoms with van der Waals surface area (Å²) < 4.78 is 0. The summed E-state index contributed by atoms with van der Waals surface area (Å²) >= 11 is 0. The van der Waals surface area contributed by atoms with Crippen LogP contribution in [0.3, 0.4) is 0 Å². The molecule has 0 aromatic carbocycles. The van der Waals surface area contributed by atoms with Crippen molar-refractivity contribution in [1.82, 2.24) is 15.1 Å². The molecule has 2 amide bonds. The van der Waals surface area contributed by atoms with Crippen molar-refractivity contribution in [3.8, 4) is 0 Å². The average Bonchev–Trinajstić information content (AvgIpc) is 2.36. The summed E-state index contributed by atoms with van der Waals surface area (Å²) in [5.74, 6) is 0.183. The van der Waals surface area contributed by atoms with E-state index in [0.29, 0.717) is 32.5 Å². The first-order chi connectivity index (χ1) is 8.81. The number of hydrogen-bond donors (Lipinski definition) is 2. The number of nitrogens with one attached hydrogen (secondary N) is 1. The molecule has 1 heterocycles. The van der Waals surface area contributed by atoms with E-state index in [1.54, 1.807) is 7.05 Å². The van der Waals surface area contributed by atoms with Crippen molar-refractivity contribution in [2.24, 2.45) is 5.73 Å². The molecule has 1 saturated heterocycles. The van der Waals surface area contributed by atoms with Gasteiger partial charge in [-0.25, -0.2) is 0 Å². The highest BCUT2D eigenvalue weighted by Crippen LogP contribution is 2.10. The van der Waals surface area contributed by atoms with Gasteiger partial charge in [-0.05, 0) is 20.3 Å². The predicted molar refractivity (Wildman–Crippen MR) is 74.6 cm³/mol. The smallest absolute Gasteiger partial charge is 0.233 e. The van der Waals surface area contributed by atoms with E-state index in [0.717, 1.165) is 13.1 Å². The summed E-state index contributed by atoms with van der Waals surface area (Å²) in [5.41, 5.74) is 5.59. The highest BCUT2D eigenvalue weighted by atomic mass is 16.2. The first-order valence-electron chi connectivity index (χ1n) is 6.81. The van der Waals surface area contributed by atoms with Crippen molar-refractivity contribution in [1.29, 1.82) is 0 Å². The lowest BCUT2D eigenvalue weighted by Crippen LogP contribution is -2.51. The zero-order valence-corrected chi connectivity index (χ0v) is 12.2. The van der Waals surface area contributed by atoms with Crippen LogP contribution in [0.5, 0.6) is 0 Å². The minimum Gasteiger partial charge on any atom is -0.358 e. The fourth-order valence-corrected chi connectivity index (χ4v) is 2.02. The van der Waals surface area contributed by atoms with Crippen molar-refractivity contribution < 1.29 is 9.59 Å². The van der Waals surface area contributed by atoms with Gasteiger partial charge >= 0.3 is 0 Å². The number of carbonyl (C=O) groups is 2. The predicted octanol–water partition coefficient (Wildman–Crippen LogP) is -0.606. The van der Waals surface area contributed by atoms with Crippen LogP contribution in [0.1, 0.15) is 26.7 Å². The van der Waals surface area contributed by atoms with E-state index in [-0.39, 0.29) is 17.4 Å². The number of likely N-dealkylation sites (N-methyl/N-ethyl adjacent to an activating group) is 1.